The quantitative estimate of drug-likeness (QED) is 0.521. The number of rotatable bonds is 6. The standard InChI is InChI=1S/C25H26F2N6O3S/c1-32(25(35)18-3-5-20-24(29-18)30-21(34)13-37-20)19-8-10-33(12-16(19)27)9-7-14-15(26)11-28-17-4-6-22(36-2)31-23(14)17/h3-6,11,16,19H,7-10,12-13H2,1-2H3,(H,29,30,34). The van der Waals surface area contributed by atoms with Gasteiger partial charge in [0.25, 0.3) is 5.91 Å². The molecule has 3 aromatic rings. The summed E-state index contributed by atoms with van der Waals surface area (Å²) < 4.78 is 35.1. The number of ether oxygens (including phenoxy) is 1. The van der Waals surface area contributed by atoms with Crippen molar-refractivity contribution in [2.24, 2.45) is 0 Å². The maximum absolute atomic E-state index is 15.3. The van der Waals surface area contributed by atoms with E-state index in [2.05, 4.69) is 20.3 Å². The number of hydrogen-bond donors (Lipinski definition) is 1. The van der Waals surface area contributed by atoms with E-state index in [0.717, 1.165) is 4.90 Å². The lowest BCUT2D eigenvalue weighted by molar-refractivity contribution is -0.113. The molecule has 0 bridgehead atoms. The van der Waals surface area contributed by atoms with Crippen molar-refractivity contribution in [2.75, 3.05) is 44.9 Å². The highest BCUT2D eigenvalue weighted by atomic mass is 32.2. The number of fused-ring (bicyclic) bond motifs is 2. The van der Waals surface area contributed by atoms with Crippen molar-refractivity contribution in [1.82, 2.24) is 24.8 Å². The van der Waals surface area contributed by atoms with Crippen molar-refractivity contribution in [2.45, 2.75) is 30.0 Å². The molecule has 2 unspecified atom stereocenters. The normalized spacial score (nSPS) is 19.8. The molecule has 1 saturated heterocycles. The van der Waals surface area contributed by atoms with E-state index >= 15 is 4.39 Å². The number of methoxy groups -OCH3 is 1. The van der Waals surface area contributed by atoms with Crippen molar-refractivity contribution >= 4 is 40.4 Å². The molecule has 0 radical (unpaired) electrons. The predicted octanol–water partition coefficient (Wildman–Crippen LogP) is 2.94. The van der Waals surface area contributed by atoms with Crippen LogP contribution >= 0.6 is 11.8 Å². The van der Waals surface area contributed by atoms with Crippen LogP contribution in [0.25, 0.3) is 11.0 Å². The summed E-state index contributed by atoms with van der Waals surface area (Å²) in [4.78, 5) is 41.6. The Kier molecular flexibility index (Phi) is 7.20. The lowest BCUT2D eigenvalue weighted by Gasteiger charge is -2.39. The zero-order valence-electron chi connectivity index (χ0n) is 20.4. The second-order valence-electron chi connectivity index (χ2n) is 9.02. The first-order valence-electron chi connectivity index (χ1n) is 11.9. The molecule has 12 heteroatoms. The molecule has 0 aliphatic carbocycles. The maximum atomic E-state index is 15.3. The molecule has 194 valence electrons. The van der Waals surface area contributed by atoms with Gasteiger partial charge in [0.2, 0.25) is 11.8 Å². The number of alkyl halides is 1. The Labute approximate surface area is 216 Å². The van der Waals surface area contributed by atoms with E-state index in [1.54, 1.807) is 31.3 Å². The molecule has 5 heterocycles. The molecule has 2 aliphatic heterocycles. The lowest BCUT2D eigenvalue weighted by Crippen LogP contribution is -2.53. The summed E-state index contributed by atoms with van der Waals surface area (Å²) in [5.41, 5.74) is 1.57. The van der Waals surface area contributed by atoms with E-state index in [9.17, 15) is 14.0 Å². The van der Waals surface area contributed by atoms with Gasteiger partial charge < -0.3 is 15.0 Å². The van der Waals surface area contributed by atoms with Crippen molar-refractivity contribution in [1.29, 1.82) is 0 Å². The maximum Gasteiger partial charge on any atom is 0.272 e. The van der Waals surface area contributed by atoms with Gasteiger partial charge in [0.15, 0.2) is 0 Å². The van der Waals surface area contributed by atoms with Gasteiger partial charge in [-0.3, -0.25) is 19.5 Å². The fourth-order valence-electron chi connectivity index (χ4n) is 4.71. The number of piperidine rings is 1. The Morgan fingerprint density at radius 1 is 1.30 bits per heavy atom. The first-order chi connectivity index (χ1) is 17.8. The van der Waals surface area contributed by atoms with E-state index in [0.29, 0.717) is 60.0 Å². The number of nitrogens with one attached hydrogen (secondary N) is 1. The highest BCUT2D eigenvalue weighted by molar-refractivity contribution is 8.00. The smallest absolute Gasteiger partial charge is 0.272 e. The number of thioether (sulfide) groups is 1. The molecule has 0 saturated carbocycles. The second kappa shape index (κ2) is 10.5. The summed E-state index contributed by atoms with van der Waals surface area (Å²) in [6.45, 7) is 1.10. The molecule has 1 fully saturated rings. The Balaban J connectivity index is 1.23. The summed E-state index contributed by atoms with van der Waals surface area (Å²) in [5.74, 6) is -0.00746. The minimum Gasteiger partial charge on any atom is -0.481 e. The number of nitrogens with zero attached hydrogens (tertiary/aromatic N) is 5. The third-order valence-electron chi connectivity index (χ3n) is 6.73. The molecule has 2 amide bonds. The number of halogens is 2. The van der Waals surface area contributed by atoms with Crippen LogP contribution in [0.4, 0.5) is 14.6 Å². The average molecular weight is 529 g/mol. The fourth-order valence-corrected chi connectivity index (χ4v) is 5.46. The molecule has 0 spiro atoms. The second-order valence-corrected chi connectivity index (χ2v) is 10.0. The van der Waals surface area contributed by atoms with Gasteiger partial charge in [0.1, 0.15) is 23.5 Å². The molecule has 1 N–H and O–H groups in total. The largest absolute Gasteiger partial charge is 0.481 e. The average Bonchev–Trinajstić information content (AvgIpc) is 2.91. The molecule has 3 aromatic heterocycles. The minimum absolute atomic E-state index is 0.119. The van der Waals surface area contributed by atoms with E-state index in [4.69, 9.17) is 4.74 Å². The van der Waals surface area contributed by atoms with Gasteiger partial charge in [-0.25, -0.2) is 18.7 Å². The zero-order chi connectivity index (χ0) is 26.1. The van der Waals surface area contributed by atoms with Gasteiger partial charge in [-0.1, -0.05) is 0 Å². The van der Waals surface area contributed by atoms with Crippen LogP contribution in [0.5, 0.6) is 5.88 Å². The Morgan fingerprint density at radius 3 is 2.92 bits per heavy atom. The summed E-state index contributed by atoms with van der Waals surface area (Å²) >= 11 is 1.36. The van der Waals surface area contributed by atoms with Crippen molar-refractivity contribution < 1.29 is 23.1 Å². The molecular weight excluding hydrogens is 502 g/mol. The first-order valence-corrected chi connectivity index (χ1v) is 12.9. The molecule has 37 heavy (non-hydrogen) atoms. The van der Waals surface area contributed by atoms with E-state index in [1.807, 2.05) is 4.90 Å². The van der Waals surface area contributed by atoms with E-state index in [-0.39, 0.29) is 18.1 Å². The number of hydrogen-bond acceptors (Lipinski definition) is 8. The molecule has 0 aromatic carbocycles. The molecule has 5 rings (SSSR count). The fraction of sp³-hybridized carbons (Fsp3) is 0.400. The van der Waals surface area contributed by atoms with Crippen LogP contribution in [0.3, 0.4) is 0 Å². The lowest BCUT2D eigenvalue weighted by atomic mass is 10.00. The van der Waals surface area contributed by atoms with Gasteiger partial charge in [-0.05, 0) is 31.0 Å². The van der Waals surface area contributed by atoms with E-state index < -0.39 is 23.9 Å². The van der Waals surface area contributed by atoms with Gasteiger partial charge in [0, 0.05) is 38.3 Å². The van der Waals surface area contributed by atoms with Crippen LogP contribution in [0.2, 0.25) is 0 Å². The number of anilines is 1. The monoisotopic (exact) mass is 528 g/mol. The van der Waals surface area contributed by atoms with Crippen LogP contribution in [-0.2, 0) is 11.2 Å². The van der Waals surface area contributed by atoms with Crippen molar-refractivity contribution in [3.8, 4) is 5.88 Å². The van der Waals surface area contributed by atoms with Crippen LogP contribution in [0.15, 0.2) is 35.4 Å². The summed E-state index contributed by atoms with van der Waals surface area (Å²) in [6.07, 6.45) is 0.648. The summed E-state index contributed by atoms with van der Waals surface area (Å²) in [6, 6.07) is 6.12. The molecule has 2 atom stereocenters. The van der Waals surface area contributed by atoms with Crippen LogP contribution in [0, 0.1) is 5.82 Å². The number of likely N-dealkylation sites (tertiary alicyclic amines) is 1. The predicted molar refractivity (Wildman–Crippen MR) is 135 cm³/mol. The number of carbonyl (C=O) groups excluding carboxylic acids is 2. The van der Waals surface area contributed by atoms with Crippen LogP contribution < -0.4 is 10.1 Å². The van der Waals surface area contributed by atoms with Gasteiger partial charge in [-0.2, -0.15) is 0 Å². The number of aromatic nitrogens is 3. The Hall–Kier alpha value is -3.38. The molecule has 9 nitrogen and oxygen atoms in total. The van der Waals surface area contributed by atoms with Crippen LogP contribution in [0.1, 0.15) is 22.5 Å². The number of carbonyl (C=O) groups is 2. The number of amides is 2. The highest BCUT2D eigenvalue weighted by Crippen LogP contribution is 2.30. The molecule has 2 aliphatic rings. The third kappa shape index (κ3) is 5.21. The Bertz CT molecular complexity index is 1360. The van der Waals surface area contributed by atoms with Gasteiger partial charge in [-0.15, -0.1) is 11.8 Å². The van der Waals surface area contributed by atoms with Crippen molar-refractivity contribution in [3.63, 3.8) is 0 Å². The van der Waals surface area contributed by atoms with Gasteiger partial charge >= 0.3 is 0 Å². The minimum atomic E-state index is -1.28. The zero-order valence-corrected chi connectivity index (χ0v) is 21.2. The molecular formula is C25H26F2N6O3S. The van der Waals surface area contributed by atoms with Gasteiger partial charge in [0.05, 0.1) is 41.0 Å². The topological polar surface area (TPSA) is 101 Å². The summed E-state index contributed by atoms with van der Waals surface area (Å²) in [7, 11) is 3.06. The first kappa shape index (κ1) is 25.3. The highest BCUT2D eigenvalue weighted by Gasteiger charge is 2.35. The Morgan fingerprint density at radius 2 is 2.14 bits per heavy atom. The van der Waals surface area contributed by atoms with E-state index in [1.165, 1.54) is 30.0 Å². The third-order valence-corrected chi connectivity index (χ3v) is 7.78. The number of pyridine rings is 3. The summed E-state index contributed by atoms with van der Waals surface area (Å²) in [5, 5.41) is 2.67. The van der Waals surface area contributed by atoms with Crippen LogP contribution in [-0.4, -0.2) is 88.3 Å². The SMILES string of the molecule is COc1ccc2ncc(F)c(CCN3CCC(N(C)C(=O)c4ccc5c(n4)NC(=O)CS5)C(F)C3)c2n1. The van der Waals surface area contributed by atoms with Crippen molar-refractivity contribution in [3.05, 3.63) is 47.5 Å².